The van der Waals surface area contributed by atoms with E-state index in [0.29, 0.717) is 0 Å². The molecule has 0 aliphatic carbocycles. The molecule has 1 unspecified atom stereocenters. The zero-order valence-corrected chi connectivity index (χ0v) is 28.2. The van der Waals surface area contributed by atoms with E-state index in [9.17, 15) is 81.7 Å². The van der Waals surface area contributed by atoms with Crippen LogP contribution in [0.25, 0.3) is 0 Å². The van der Waals surface area contributed by atoms with Gasteiger partial charge < -0.3 is 124 Å². The van der Waals surface area contributed by atoms with Crippen molar-refractivity contribution in [2.45, 2.75) is 147 Å². The Kier molecular flexibility index (Phi) is 15.3. The van der Waals surface area contributed by atoms with E-state index < -0.39 is 180 Å². The molecule has 5 aliphatic rings. The highest BCUT2D eigenvalue weighted by molar-refractivity contribution is 4.98. The molecule has 0 aromatic heterocycles. The lowest BCUT2D eigenvalue weighted by atomic mass is 9.95. The summed E-state index contributed by atoms with van der Waals surface area (Å²) in [7, 11) is 0. The second-order valence-corrected chi connectivity index (χ2v) is 13.5. The first-order valence-electron chi connectivity index (χ1n) is 17.0. The largest absolute Gasteiger partial charge is 0.394 e. The van der Waals surface area contributed by atoms with Gasteiger partial charge in [-0.25, -0.2) is 0 Å². The maximum Gasteiger partial charge on any atom is 0.187 e. The standard InChI is InChI=1S/C29H50O25/c30-1-6-11(34)13(36)18(41)27(47-6)52-23-8(3-32)49-29(20(43)15(23)38)54-24-9(4-33)50-28(21(44)16(24)39)53-22-7(2-31)48-26(19(42)14(22)37)51-10-5-46-25(45)17(40)12(10)35/h6-45H,1-5H2/t6-,7-,8-,9-,10-,11-,12+,13+,14-,15-,16-,17-,18-,19-,20-,21-,22-,23-,24-,25?,26-,27-,28-,29-/m1/s1. The number of ether oxygens (including phenoxy) is 9. The van der Waals surface area contributed by atoms with Gasteiger partial charge in [0.15, 0.2) is 31.5 Å². The fraction of sp³-hybridized carbons (Fsp3) is 1.00. The minimum absolute atomic E-state index is 0.462. The van der Waals surface area contributed by atoms with E-state index in [1.165, 1.54) is 0 Å². The first kappa shape index (κ1) is 44.1. The third-order valence-electron chi connectivity index (χ3n) is 9.95. The molecule has 0 amide bonds. The Morgan fingerprint density at radius 3 is 1.06 bits per heavy atom. The average Bonchev–Trinajstić information content (AvgIpc) is 3.16. The maximum atomic E-state index is 11.1. The molecule has 0 saturated carbocycles. The SMILES string of the molecule is OC[C@H]1O[C@H](O[C@H]2[C@H](O)[C@@H](O)[C@@H](O[C@H]3[C@H](O)[C@@H](O)[C@@H](O[C@H]4[C@H](O)[C@@H](O)[C@@H](O[C@@H]5COC(O)[C@H](O)[C@H]5O)O[C@@H]4CO)O[C@@H]3CO)O[C@@H]2CO)[C@H](O)[C@@H](O)[C@@H]1O. The van der Waals surface area contributed by atoms with Crippen LogP contribution >= 0.6 is 0 Å². The van der Waals surface area contributed by atoms with Gasteiger partial charge in [0.25, 0.3) is 0 Å². The van der Waals surface area contributed by atoms with Crippen LogP contribution in [0.3, 0.4) is 0 Å². The lowest BCUT2D eigenvalue weighted by molar-refractivity contribution is -0.391. The third kappa shape index (κ3) is 8.85. The molecule has 0 radical (unpaired) electrons. The van der Waals surface area contributed by atoms with Crippen molar-refractivity contribution in [2.75, 3.05) is 33.0 Å². The second-order valence-electron chi connectivity index (χ2n) is 13.5. The van der Waals surface area contributed by atoms with Gasteiger partial charge >= 0.3 is 0 Å². The van der Waals surface area contributed by atoms with E-state index in [1.807, 2.05) is 0 Å². The van der Waals surface area contributed by atoms with Crippen molar-refractivity contribution in [1.29, 1.82) is 0 Å². The van der Waals surface area contributed by atoms with Gasteiger partial charge in [-0.1, -0.05) is 0 Å². The first-order chi connectivity index (χ1) is 25.6. The predicted molar refractivity (Wildman–Crippen MR) is 161 cm³/mol. The Balaban J connectivity index is 1.21. The van der Waals surface area contributed by atoms with Crippen molar-refractivity contribution in [3.05, 3.63) is 0 Å². The molecule has 5 aliphatic heterocycles. The maximum absolute atomic E-state index is 11.1. The van der Waals surface area contributed by atoms with Crippen molar-refractivity contribution < 1.29 is 124 Å². The van der Waals surface area contributed by atoms with Crippen LogP contribution in [-0.2, 0) is 42.6 Å². The molecule has 0 aromatic carbocycles. The molecule has 54 heavy (non-hydrogen) atoms. The minimum Gasteiger partial charge on any atom is -0.394 e. The molecule has 5 saturated heterocycles. The second kappa shape index (κ2) is 18.7. The average molecular weight is 799 g/mol. The van der Waals surface area contributed by atoms with E-state index in [1.54, 1.807) is 0 Å². The third-order valence-corrected chi connectivity index (χ3v) is 9.95. The van der Waals surface area contributed by atoms with Gasteiger partial charge in [0.05, 0.1) is 33.0 Å². The van der Waals surface area contributed by atoms with Gasteiger partial charge in [-0.2, -0.15) is 0 Å². The minimum atomic E-state index is -2.08. The molecule has 5 fully saturated rings. The quantitative estimate of drug-likeness (QED) is 0.0871. The molecule has 25 heteroatoms. The topological polar surface area (TPSA) is 407 Å². The van der Waals surface area contributed by atoms with Crippen molar-refractivity contribution >= 4 is 0 Å². The van der Waals surface area contributed by atoms with Crippen LogP contribution in [0.1, 0.15) is 0 Å². The molecule has 0 aromatic rings. The molecule has 316 valence electrons. The van der Waals surface area contributed by atoms with Crippen LogP contribution in [0.4, 0.5) is 0 Å². The summed E-state index contributed by atoms with van der Waals surface area (Å²) < 4.78 is 48.9. The van der Waals surface area contributed by atoms with Crippen molar-refractivity contribution in [3.8, 4) is 0 Å². The van der Waals surface area contributed by atoms with Crippen LogP contribution in [-0.4, -0.2) is 262 Å². The highest BCUT2D eigenvalue weighted by atomic mass is 16.8. The normalized spacial score (nSPS) is 53.3. The Morgan fingerprint density at radius 2 is 0.685 bits per heavy atom. The lowest BCUT2D eigenvalue weighted by Gasteiger charge is -2.49. The molecule has 0 spiro atoms. The van der Waals surface area contributed by atoms with Gasteiger partial charge in [-0.05, 0) is 0 Å². The Labute approximate surface area is 305 Å². The predicted octanol–water partition coefficient (Wildman–Crippen LogP) is -11.3. The van der Waals surface area contributed by atoms with Gasteiger partial charge in [0, 0.05) is 0 Å². The molecule has 24 atom stereocenters. The molecule has 25 nitrogen and oxygen atoms in total. The highest BCUT2D eigenvalue weighted by Gasteiger charge is 2.55. The summed E-state index contributed by atoms with van der Waals surface area (Å²) in [6, 6.07) is 0. The summed E-state index contributed by atoms with van der Waals surface area (Å²) in [5.74, 6) is 0. The number of hydrogen-bond donors (Lipinski definition) is 16. The molecular weight excluding hydrogens is 748 g/mol. The van der Waals surface area contributed by atoms with Crippen molar-refractivity contribution in [1.82, 2.24) is 0 Å². The highest BCUT2D eigenvalue weighted by Crippen LogP contribution is 2.35. The van der Waals surface area contributed by atoms with Crippen LogP contribution in [0.2, 0.25) is 0 Å². The molecule has 5 heterocycles. The fourth-order valence-corrected chi connectivity index (χ4v) is 6.71. The monoisotopic (exact) mass is 798 g/mol. The Bertz CT molecular complexity index is 1150. The zero-order valence-electron chi connectivity index (χ0n) is 28.2. The zero-order chi connectivity index (χ0) is 39.8. The van der Waals surface area contributed by atoms with Gasteiger partial charge in [-0.15, -0.1) is 0 Å². The van der Waals surface area contributed by atoms with E-state index in [4.69, 9.17) is 42.6 Å². The smallest absolute Gasteiger partial charge is 0.187 e. The lowest BCUT2D eigenvalue weighted by Crippen LogP contribution is -2.67. The summed E-state index contributed by atoms with van der Waals surface area (Å²) in [6.07, 6.45) is -42.9. The van der Waals surface area contributed by atoms with Crippen molar-refractivity contribution in [2.24, 2.45) is 0 Å². The molecule has 5 rings (SSSR count). The van der Waals surface area contributed by atoms with Gasteiger partial charge in [-0.3, -0.25) is 0 Å². The van der Waals surface area contributed by atoms with E-state index in [-0.39, 0.29) is 0 Å². The van der Waals surface area contributed by atoms with Crippen LogP contribution in [0.5, 0.6) is 0 Å². The van der Waals surface area contributed by atoms with Gasteiger partial charge in [0.1, 0.15) is 116 Å². The number of hydrogen-bond acceptors (Lipinski definition) is 25. The van der Waals surface area contributed by atoms with Gasteiger partial charge in [0.2, 0.25) is 0 Å². The fourth-order valence-electron chi connectivity index (χ4n) is 6.71. The number of aliphatic hydroxyl groups is 16. The summed E-state index contributed by atoms with van der Waals surface area (Å²) in [4.78, 5) is 0. The van der Waals surface area contributed by atoms with Crippen LogP contribution in [0.15, 0.2) is 0 Å². The number of aliphatic hydroxyl groups excluding tert-OH is 16. The summed E-state index contributed by atoms with van der Waals surface area (Å²) in [6.45, 7) is -4.04. The molecule has 0 bridgehead atoms. The van der Waals surface area contributed by atoms with E-state index in [2.05, 4.69) is 0 Å². The molecule has 16 N–H and O–H groups in total. The Morgan fingerprint density at radius 1 is 0.352 bits per heavy atom. The first-order valence-corrected chi connectivity index (χ1v) is 17.0. The van der Waals surface area contributed by atoms with Crippen LogP contribution < -0.4 is 0 Å². The van der Waals surface area contributed by atoms with E-state index >= 15 is 0 Å². The molecular formula is C29H50O25. The number of rotatable bonds is 12. The van der Waals surface area contributed by atoms with E-state index in [0.717, 1.165) is 0 Å². The summed E-state index contributed by atoms with van der Waals surface area (Å²) in [5, 5.41) is 165. The summed E-state index contributed by atoms with van der Waals surface area (Å²) >= 11 is 0. The van der Waals surface area contributed by atoms with Crippen molar-refractivity contribution in [3.63, 3.8) is 0 Å². The Hall–Kier alpha value is -1.00. The van der Waals surface area contributed by atoms with Crippen LogP contribution in [0, 0.1) is 0 Å². The summed E-state index contributed by atoms with van der Waals surface area (Å²) in [5.41, 5.74) is 0.